The average Bonchev–Trinajstić information content (AvgIpc) is 2.87. The number of carbonyl (C=O) groups excluding carboxylic acids is 1. The van der Waals surface area contributed by atoms with E-state index in [2.05, 4.69) is 10.3 Å². The summed E-state index contributed by atoms with van der Waals surface area (Å²) in [5.74, 6) is -0.413. The third kappa shape index (κ3) is 3.87. The van der Waals surface area contributed by atoms with E-state index < -0.39 is 10.8 Å². The Hall–Kier alpha value is -2.25. The van der Waals surface area contributed by atoms with Gasteiger partial charge in [-0.05, 0) is 35.1 Å². The van der Waals surface area contributed by atoms with Crippen molar-refractivity contribution in [3.8, 4) is 0 Å². The molecule has 0 saturated carbocycles. The molecular formula is C12H8ClN3O3S. The largest absolute Gasteiger partial charge is 0.345 e. The number of carbonyl (C=O) groups is 1. The predicted molar refractivity (Wildman–Crippen MR) is 77.9 cm³/mol. The summed E-state index contributed by atoms with van der Waals surface area (Å²) in [7, 11) is 0. The van der Waals surface area contributed by atoms with Gasteiger partial charge in [0, 0.05) is 11.1 Å². The number of nitrogens with one attached hydrogen (secondary N) is 1. The summed E-state index contributed by atoms with van der Waals surface area (Å²) in [6.45, 7) is 0. The van der Waals surface area contributed by atoms with Gasteiger partial charge in [0.05, 0.1) is 4.92 Å². The number of hydrogen-bond acceptors (Lipinski definition) is 5. The molecule has 0 bridgehead atoms. The maximum absolute atomic E-state index is 11.6. The van der Waals surface area contributed by atoms with Crippen molar-refractivity contribution in [2.75, 3.05) is 5.32 Å². The zero-order valence-electron chi connectivity index (χ0n) is 9.95. The zero-order chi connectivity index (χ0) is 14.5. The van der Waals surface area contributed by atoms with E-state index in [1.54, 1.807) is 30.3 Å². The van der Waals surface area contributed by atoms with Crippen LogP contribution in [-0.4, -0.2) is 15.8 Å². The van der Waals surface area contributed by atoms with Gasteiger partial charge in [0.1, 0.15) is 6.20 Å². The zero-order valence-corrected chi connectivity index (χ0v) is 11.5. The molecule has 1 aromatic carbocycles. The minimum Gasteiger partial charge on any atom is -0.298 e. The third-order valence-electron chi connectivity index (χ3n) is 2.20. The molecule has 0 aliphatic carbocycles. The molecule has 8 heteroatoms. The second kappa shape index (κ2) is 6.27. The Balaban J connectivity index is 1.97. The molecule has 0 aliphatic heterocycles. The van der Waals surface area contributed by atoms with Gasteiger partial charge in [-0.3, -0.25) is 20.2 Å². The topological polar surface area (TPSA) is 85.1 Å². The number of amides is 1. The Morgan fingerprint density at radius 1 is 1.40 bits per heavy atom. The molecule has 2 rings (SSSR count). The van der Waals surface area contributed by atoms with Crippen molar-refractivity contribution in [1.82, 2.24) is 4.98 Å². The maximum atomic E-state index is 11.6. The molecule has 6 nitrogen and oxygen atoms in total. The molecule has 20 heavy (non-hydrogen) atoms. The summed E-state index contributed by atoms with van der Waals surface area (Å²) < 4.78 is 0. The van der Waals surface area contributed by atoms with E-state index in [1.807, 2.05) is 0 Å². The number of halogens is 1. The van der Waals surface area contributed by atoms with E-state index in [-0.39, 0.29) is 10.1 Å². The lowest BCUT2D eigenvalue weighted by Gasteiger charge is -1.95. The molecular weight excluding hydrogens is 302 g/mol. The van der Waals surface area contributed by atoms with Crippen LogP contribution in [0.25, 0.3) is 6.08 Å². The maximum Gasteiger partial charge on any atom is 0.345 e. The number of nitro groups is 1. The molecule has 1 aromatic heterocycles. The van der Waals surface area contributed by atoms with E-state index in [0.717, 1.165) is 23.1 Å². The number of rotatable bonds is 4. The van der Waals surface area contributed by atoms with Crippen LogP contribution in [0.4, 0.5) is 10.1 Å². The van der Waals surface area contributed by atoms with Crippen LogP contribution >= 0.6 is 22.9 Å². The van der Waals surface area contributed by atoms with Crippen molar-refractivity contribution in [2.45, 2.75) is 0 Å². The summed E-state index contributed by atoms with van der Waals surface area (Å²) in [4.78, 5) is 25.3. The normalized spacial score (nSPS) is 10.7. The van der Waals surface area contributed by atoms with Crippen molar-refractivity contribution in [3.63, 3.8) is 0 Å². The van der Waals surface area contributed by atoms with Crippen molar-refractivity contribution in [2.24, 2.45) is 0 Å². The van der Waals surface area contributed by atoms with Gasteiger partial charge in [0.25, 0.3) is 0 Å². The van der Waals surface area contributed by atoms with E-state index >= 15 is 0 Å². The lowest BCUT2D eigenvalue weighted by molar-refractivity contribution is -0.380. The van der Waals surface area contributed by atoms with Crippen LogP contribution in [0.3, 0.4) is 0 Å². The molecule has 1 N–H and O–H groups in total. The van der Waals surface area contributed by atoms with E-state index in [9.17, 15) is 14.9 Å². The predicted octanol–water partition coefficient (Wildman–Crippen LogP) is 3.36. The fourth-order valence-corrected chi connectivity index (χ4v) is 2.06. The number of thiazole rings is 1. The Bertz CT molecular complexity index is 667. The third-order valence-corrected chi connectivity index (χ3v) is 3.32. The molecule has 0 radical (unpaired) electrons. The smallest absolute Gasteiger partial charge is 0.298 e. The SMILES string of the molecule is O=C(/C=C/c1ccc(Cl)cc1)Nc1ncc([N+](=O)[O-])s1. The number of hydrogen-bond donors (Lipinski definition) is 1. The molecule has 0 unspecified atom stereocenters. The first-order valence-electron chi connectivity index (χ1n) is 5.39. The Labute approximate surface area is 122 Å². The van der Waals surface area contributed by atoms with Gasteiger partial charge in [-0.15, -0.1) is 0 Å². The van der Waals surface area contributed by atoms with Crippen molar-refractivity contribution >= 4 is 45.1 Å². The van der Waals surface area contributed by atoms with Crippen LogP contribution < -0.4 is 5.32 Å². The molecule has 2 aromatic rings. The van der Waals surface area contributed by atoms with E-state index in [1.165, 1.54) is 6.08 Å². The second-order valence-corrected chi connectivity index (χ2v) is 5.08. The second-order valence-electron chi connectivity index (χ2n) is 3.63. The lowest BCUT2D eigenvalue weighted by atomic mass is 10.2. The van der Waals surface area contributed by atoms with E-state index in [4.69, 9.17) is 11.6 Å². The minimum absolute atomic E-state index is 0.123. The first-order valence-corrected chi connectivity index (χ1v) is 6.59. The average molecular weight is 310 g/mol. The van der Waals surface area contributed by atoms with Gasteiger partial charge >= 0.3 is 5.00 Å². The van der Waals surface area contributed by atoms with Gasteiger partial charge in [0.15, 0.2) is 5.13 Å². The van der Waals surface area contributed by atoms with Crippen molar-refractivity contribution in [1.29, 1.82) is 0 Å². The molecule has 0 spiro atoms. The van der Waals surface area contributed by atoms with Crippen LogP contribution in [0.15, 0.2) is 36.5 Å². The Morgan fingerprint density at radius 3 is 2.70 bits per heavy atom. The number of anilines is 1. The highest BCUT2D eigenvalue weighted by molar-refractivity contribution is 7.18. The molecule has 102 valence electrons. The summed E-state index contributed by atoms with van der Waals surface area (Å²) in [5, 5.41) is 13.6. The molecule has 1 amide bonds. The molecule has 0 fully saturated rings. The molecule has 1 heterocycles. The quantitative estimate of drug-likeness (QED) is 0.533. The van der Waals surface area contributed by atoms with Crippen LogP contribution in [-0.2, 0) is 4.79 Å². The fraction of sp³-hybridized carbons (Fsp3) is 0. The summed E-state index contributed by atoms with van der Waals surface area (Å²) in [6, 6.07) is 6.95. The monoisotopic (exact) mass is 309 g/mol. The van der Waals surface area contributed by atoms with Gasteiger partial charge in [0.2, 0.25) is 5.91 Å². The van der Waals surface area contributed by atoms with Gasteiger partial charge in [-0.1, -0.05) is 23.7 Å². The summed E-state index contributed by atoms with van der Waals surface area (Å²) in [5.41, 5.74) is 0.815. The van der Waals surface area contributed by atoms with Crippen molar-refractivity contribution in [3.05, 3.63) is 57.2 Å². The molecule has 0 atom stereocenters. The van der Waals surface area contributed by atoms with Gasteiger partial charge in [-0.25, -0.2) is 4.98 Å². The number of nitrogens with zero attached hydrogens (tertiary/aromatic N) is 2. The standard InChI is InChI=1S/C12H8ClN3O3S/c13-9-4-1-8(2-5-9)3-6-10(17)15-12-14-7-11(20-12)16(18)19/h1-7H,(H,14,15,17)/b6-3+. The van der Waals surface area contributed by atoms with Crippen LogP contribution in [0.2, 0.25) is 5.02 Å². The van der Waals surface area contributed by atoms with Crippen LogP contribution in [0, 0.1) is 10.1 Å². The summed E-state index contributed by atoms with van der Waals surface area (Å²) >= 11 is 6.54. The van der Waals surface area contributed by atoms with Gasteiger partial charge in [-0.2, -0.15) is 0 Å². The van der Waals surface area contributed by atoms with Crippen molar-refractivity contribution < 1.29 is 9.72 Å². The fourth-order valence-electron chi connectivity index (χ4n) is 1.30. The van der Waals surface area contributed by atoms with E-state index in [0.29, 0.717) is 5.02 Å². The van der Waals surface area contributed by atoms with Crippen LogP contribution in [0.5, 0.6) is 0 Å². The highest BCUT2D eigenvalue weighted by atomic mass is 35.5. The summed E-state index contributed by atoms with van der Waals surface area (Å²) in [6.07, 6.45) is 4.02. The first-order chi connectivity index (χ1) is 9.54. The number of aromatic nitrogens is 1. The first kappa shape index (κ1) is 14.2. The Kier molecular flexibility index (Phi) is 4.44. The number of benzene rings is 1. The van der Waals surface area contributed by atoms with Crippen LogP contribution in [0.1, 0.15) is 5.56 Å². The minimum atomic E-state index is -0.559. The highest BCUT2D eigenvalue weighted by Gasteiger charge is 2.12. The molecule has 0 saturated heterocycles. The lowest BCUT2D eigenvalue weighted by Crippen LogP contribution is -2.06. The highest BCUT2D eigenvalue weighted by Crippen LogP contribution is 2.24. The molecule has 0 aliphatic rings. The van der Waals surface area contributed by atoms with Gasteiger partial charge < -0.3 is 0 Å². The Morgan fingerprint density at radius 2 is 2.10 bits per heavy atom.